The minimum Gasteiger partial charge on any atom is -0.396 e. The summed E-state index contributed by atoms with van der Waals surface area (Å²) in [4.78, 5) is 26.0. The third-order valence-corrected chi connectivity index (χ3v) is 6.48. The highest BCUT2D eigenvalue weighted by molar-refractivity contribution is 5.81. The highest BCUT2D eigenvalue weighted by atomic mass is 16.3. The van der Waals surface area contributed by atoms with Gasteiger partial charge in [-0.1, -0.05) is 31.4 Å². The molecular weight excluding hydrogens is 342 g/mol. The van der Waals surface area contributed by atoms with E-state index in [-0.39, 0.29) is 48.0 Å². The van der Waals surface area contributed by atoms with Crippen molar-refractivity contribution in [3.8, 4) is 0 Å². The molecule has 1 amide bonds. The summed E-state index contributed by atoms with van der Waals surface area (Å²) in [7, 11) is 0. The second kappa shape index (κ2) is 7.60. The van der Waals surface area contributed by atoms with E-state index in [0.29, 0.717) is 12.1 Å². The zero-order valence-corrected chi connectivity index (χ0v) is 15.9. The molecule has 1 saturated heterocycles. The number of fused-ring (bicyclic) bond motifs is 4. The molecule has 3 heterocycles. The van der Waals surface area contributed by atoms with Gasteiger partial charge in [0.15, 0.2) is 0 Å². The van der Waals surface area contributed by atoms with Gasteiger partial charge in [-0.2, -0.15) is 0 Å². The highest BCUT2D eigenvalue weighted by Crippen LogP contribution is 2.41. The van der Waals surface area contributed by atoms with E-state index in [1.54, 1.807) is 4.57 Å². The van der Waals surface area contributed by atoms with Gasteiger partial charge in [0.2, 0.25) is 5.91 Å². The summed E-state index contributed by atoms with van der Waals surface area (Å²) in [5.41, 5.74) is 1.49. The highest BCUT2D eigenvalue weighted by Gasteiger charge is 2.51. The molecule has 0 radical (unpaired) electrons. The van der Waals surface area contributed by atoms with Crippen molar-refractivity contribution in [2.45, 2.75) is 63.7 Å². The van der Waals surface area contributed by atoms with Gasteiger partial charge >= 0.3 is 0 Å². The maximum absolute atomic E-state index is 13.1. The van der Waals surface area contributed by atoms with E-state index < -0.39 is 0 Å². The van der Waals surface area contributed by atoms with Crippen LogP contribution < -0.4 is 16.2 Å². The van der Waals surface area contributed by atoms with E-state index in [0.717, 1.165) is 31.4 Å². The first kappa shape index (κ1) is 18.4. The van der Waals surface area contributed by atoms with E-state index in [1.165, 1.54) is 6.42 Å². The van der Waals surface area contributed by atoms with E-state index >= 15 is 0 Å². The number of carbonyl (C=O) groups is 1. The van der Waals surface area contributed by atoms with E-state index in [1.807, 2.05) is 31.2 Å². The second-order valence-electron chi connectivity index (χ2n) is 8.10. The Hall–Kier alpha value is -1.92. The first-order chi connectivity index (χ1) is 13.1. The molecule has 6 heteroatoms. The number of hydrogen-bond acceptors (Lipinski definition) is 4. The van der Waals surface area contributed by atoms with Crippen molar-refractivity contribution >= 4 is 12.0 Å². The molecule has 1 aliphatic carbocycles. The van der Waals surface area contributed by atoms with Gasteiger partial charge in [-0.15, -0.1) is 0 Å². The number of hydrogen-bond donors (Lipinski definition) is 3. The largest absolute Gasteiger partial charge is 0.396 e. The molecule has 0 aromatic carbocycles. The Kier molecular flexibility index (Phi) is 5.19. The number of allylic oxidation sites excluding steroid dienone is 1. The van der Waals surface area contributed by atoms with Crippen molar-refractivity contribution in [1.29, 1.82) is 0 Å². The van der Waals surface area contributed by atoms with E-state index in [9.17, 15) is 14.7 Å². The molecular formula is C21H29N3O3. The van der Waals surface area contributed by atoms with Gasteiger partial charge in [-0.3, -0.25) is 9.59 Å². The van der Waals surface area contributed by atoms with Crippen molar-refractivity contribution < 1.29 is 9.90 Å². The summed E-state index contributed by atoms with van der Waals surface area (Å²) in [6.07, 6.45) is 9.31. The van der Waals surface area contributed by atoms with Gasteiger partial charge in [-0.25, -0.2) is 0 Å². The Morgan fingerprint density at radius 2 is 2.11 bits per heavy atom. The lowest BCUT2D eigenvalue weighted by Crippen LogP contribution is -2.44. The number of aliphatic hydroxyl groups is 1. The number of pyridine rings is 1. The molecule has 0 spiro atoms. The van der Waals surface area contributed by atoms with Crippen LogP contribution in [0, 0.1) is 11.8 Å². The van der Waals surface area contributed by atoms with Crippen LogP contribution in [-0.2, 0) is 11.3 Å². The average molecular weight is 371 g/mol. The summed E-state index contributed by atoms with van der Waals surface area (Å²) < 4.78 is 1.79. The lowest BCUT2D eigenvalue weighted by atomic mass is 9.85. The van der Waals surface area contributed by atoms with Gasteiger partial charge in [0, 0.05) is 42.4 Å². The monoisotopic (exact) mass is 371 g/mol. The topological polar surface area (TPSA) is 83.4 Å². The quantitative estimate of drug-likeness (QED) is 0.750. The van der Waals surface area contributed by atoms with Gasteiger partial charge < -0.3 is 20.3 Å². The average Bonchev–Trinajstić information content (AvgIpc) is 2.98. The van der Waals surface area contributed by atoms with Gasteiger partial charge in [0.25, 0.3) is 5.56 Å². The lowest BCUT2D eigenvalue weighted by molar-refractivity contribution is -0.128. The summed E-state index contributed by atoms with van der Waals surface area (Å²) in [5.74, 6) is -0.509. The van der Waals surface area contributed by atoms with Gasteiger partial charge in [0.05, 0.1) is 12.0 Å². The van der Waals surface area contributed by atoms with Crippen LogP contribution in [0.25, 0.3) is 6.08 Å². The third-order valence-electron chi connectivity index (χ3n) is 6.48. The maximum Gasteiger partial charge on any atom is 0.258 e. The summed E-state index contributed by atoms with van der Waals surface area (Å²) in [5, 5.41) is 16.7. The summed E-state index contributed by atoms with van der Waals surface area (Å²) in [6, 6.07) is 3.74. The molecule has 2 fully saturated rings. The fraction of sp³-hybridized carbons (Fsp3) is 0.619. The van der Waals surface area contributed by atoms with Crippen molar-refractivity contribution in [2.75, 3.05) is 6.61 Å². The summed E-state index contributed by atoms with van der Waals surface area (Å²) in [6.45, 7) is 2.33. The first-order valence-corrected chi connectivity index (χ1v) is 10.2. The molecule has 4 rings (SSSR count). The number of nitrogens with zero attached hydrogens (tertiary/aromatic N) is 1. The van der Waals surface area contributed by atoms with Crippen LogP contribution in [-0.4, -0.2) is 34.3 Å². The minimum absolute atomic E-state index is 0.0133. The van der Waals surface area contributed by atoms with Crippen LogP contribution >= 0.6 is 0 Å². The molecule has 1 aromatic rings. The molecule has 146 valence electrons. The van der Waals surface area contributed by atoms with Crippen LogP contribution in [0.3, 0.4) is 0 Å². The van der Waals surface area contributed by atoms with Crippen LogP contribution in [0.1, 0.15) is 56.3 Å². The number of carbonyl (C=O) groups excluding carboxylic acids is 1. The molecule has 0 unspecified atom stereocenters. The Labute approximate surface area is 159 Å². The Morgan fingerprint density at radius 3 is 2.81 bits per heavy atom. The standard InChI is InChI=1S/C21H29N3O3/c1-2-6-13-9-10-17-19-18(20(26)22-14-7-4-3-5-8-14)15(12-25)16(23-19)11-24(17)21(13)27/h2,6,9-10,14-16,18-19,23,25H,3-5,7-8,11-12H2,1H3,(H,22,26)/b6-2-/t15-,16-,18+,19+/m0/s1. The van der Waals surface area contributed by atoms with E-state index in [2.05, 4.69) is 10.6 Å². The Balaban J connectivity index is 1.64. The van der Waals surface area contributed by atoms with Crippen LogP contribution in [0.15, 0.2) is 23.0 Å². The zero-order valence-electron chi connectivity index (χ0n) is 15.9. The van der Waals surface area contributed by atoms with Crippen molar-refractivity contribution in [3.05, 3.63) is 39.8 Å². The van der Waals surface area contributed by atoms with Crippen molar-refractivity contribution in [3.63, 3.8) is 0 Å². The zero-order chi connectivity index (χ0) is 19.0. The number of nitrogens with one attached hydrogen (secondary N) is 2. The molecule has 4 atom stereocenters. The Morgan fingerprint density at radius 1 is 1.33 bits per heavy atom. The van der Waals surface area contributed by atoms with E-state index in [4.69, 9.17) is 0 Å². The molecule has 3 N–H and O–H groups in total. The SMILES string of the molecule is C/C=C\c1ccc2n(c1=O)C[C@@H]1N[C@H]2[C@H](C(=O)NC2CCCCC2)[C@H]1CO. The normalized spacial score (nSPS) is 30.4. The Bertz CT molecular complexity index is 794. The maximum atomic E-state index is 13.1. The number of rotatable bonds is 4. The third kappa shape index (κ3) is 3.25. The predicted octanol–water partition coefficient (Wildman–Crippen LogP) is 1.58. The van der Waals surface area contributed by atoms with Gasteiger partial charge in [0.1, 0.15) is 0 Å². The van der Waals surface area contributed by atoms with Crippen LogP contribution in [0.5, 0.6) is 0 Å². The molecule has 2 aliphatic heterocycles. The molecule has 2 bridgehead atoms. The molecule has 1 aromatic heterocycles. The second-order valence-corrected chi connectivity index (χ2v) is 8.10. The predicted molar refractivity (Wildman–Crippen MR) is 104 cm³/mol. The molecule has 3 aliphatic rings. The van der Waals surface area contributed by atoms with Crippen molar-refractivity contribution in [1.82, 2.24) is 15.2 Å². The molecule has 27 heavy (non-hydrogen) atoms. The molecule has 1 saturated carbocycles. The van der Waals surface area contributed by atoms with Crippen molar-refractivity contribution in [2.24, 2.45) is 11.8 Å². The number of amides is 1. The molecule has 6 nitrogen and oxygen atoms in total. The first-order valence-electron chi connectivity index (χ1n) is 10.2. The number of aromatic nitrogens is 1. The minimum atomic E-state index is -0.345. The fourth-order valence-electron chi connectivity index (χ4n) is 5.12. The lowest BCUT2D eigenvalue weighted by Gasteiger charge is -2.29. The summed E-state index contributed by atoms with van der Waals surface area (Å²) >= 11 is 0. The van der Waals surface area contributed by atoms with Crippen LogP contribution in [0.4, 0.5) is 0 Å². The fourth-order valence-corrected chi connectivity index (χ4v) is 5.12. The smallest absolute Gasteiger partial charge is 0.258 e. The van der Waals surface area contributed by atoms with Gasteiger partial charge in [-0.05, 0) is 31.9 Å². The van der Waals surface area contributed by atoms with Crippen LogP contribution in [0.2, 0.25) is 0 Å². The number of aliphatic hydroxyl groups excluding tert-OH is 1.